The van der Waals surface area contributed by atoms with E-state index in [0.717, 1.165) is 50.0 Å². The molecule has 55 heavy (non-hydrogen) atoms. The number of hydrogen-bond acceptors (Lipinski definition) is 4. The first-order chi connectivity index (χ1) is 27.0. The zero-order valence-corrected chi connectivity index (χ0v) is 30.2. The van der Waals surface area contributed by atoms with Crippen molar-refractivity contribution < 1.29 is 4.42 Å². The van der Waals surface area contributed by atoms with E-state index in [-0.39, 0.29) is 5.41 Å². The third kappa shape index (κ3) is 4.26. The fourth-order valence-corrected chi connectivity index (χ4v) is 9.16. The highest BCUT2D eigenvalue weighted by molar-refractivity contribution is 6.20. The second kappa shape index (κ2) is 11.0. The molecule has 0 amide bonds. The van der Waals surface area contributed by atoms with Gasteiger partial charge in [0, 0.05) is 44.3 Å². The predicted octanol–water partition coefficient (Wildman–Crippen LogP) is 12.8. The van der Waals surface area contributed by atoms with Crippen LogP contribution in [0.3, 0.4) is 0 Å². The third-order valence-electron chi connectivity index (χ3n) is 11.9. The molecule has 0 bridgehead atoms. The normalized spacial score (nSPS) is 13.4. The number of fused-ring (bicyclic) bond motifs is 12. The average Bonchev–Trinajstić information content (AvgIpc) is 3.85. The first kappa shape index (κ1) is 30.4. The van der Waals surface area contributed by atoms with Crippen LogP contribution in [0.1, 0.15) is 25.0 Å². The van der Waals surface area contributed by atoms with Crippen molar-refractivity contribution >= 4 is 65.4 Å². The van der Waals surface area contributed by atoms with Gasteiger partial charge in [-0.15, -0.1) is 0 Å². The molecule has 4 aromatic heterocycles. The Kier molecular flexibility index (Phi) is 6.05. The van der Waals surface area contributed by atoms with E-state index >= 15 is 0 Å². The second-order valence-electron chi connectivity index (χ2n) is 15.2. The lowest BCUT2D eigenvalue weighted by Crippen LogP contribution is -2.15. The number of benzene rings is 7. The van der Waals surface area contributed by atoms with Crippen molar-refractivity contribution in [3.63, 3.8) is 0 Å². The fourth-order valence-electron chi connectivity index (χ4n) is 9.16. The SMILES string of the molecule is CC1(C)c2ccccc2-c2ccc(-c3nc(-c4ccc(-n5c6cc7ccccc7cc6c6ccc7ccccc7c65)nc4)c4c(n3)oc3ccccc34)cc21. The van der Waals surface area contributed by atoms with Crippen molar-refractivity contribution in [2.75, 3.05) is 0 Å². The van der Waals surface area contributed by atoms with Crippen LogP contribution in [0.2, 0.25) is 0 Å². The predicted molar refractivity (Wildman–Crippen MR) is 225 cm³/mol. The van der Waals surface area contributed by atoms with Gasteiger partial charge in [-0.3, -0.25) is 4.57 Å². The lowest BCUT2D eigenvalue weighted by molar-refractivity contribution is 0.653. The molecule has 5 heteroatoms. The zero-order chi connectivity index (χ0) is 36.4. The van der Waals surface area contributed by atoms with Gasteiger partial charge >= 0.3 is 0 Å². The largest absolute Gasteiger partial charge is 0.438 e. The molecule has 12 rings (SSSR count). The van der Waals surface area contributed by atoms with Gasteiger partial charge in [0.05, 0.1) is 22.1 Å². The fraction of sp³-hybridized carbons (Fsp3) is 0.0600. The number of hydrogen-bond donors (Lipinski definition) is 0. The highest BCUT2D eigenvalue weighted by atomic mass is 16.3. The molecule has 0 saturated carbocycles. The van der Waals surface area contributed by atoms with Gasteiger partial charge < -0.3 is 4.42 Å². The van der Waals surface area contributed by atoms with Crippen molar-refractivity contribution in [3.8, 4) is 39.6 Å². The molecule has 0 atom stereocenters. The smallest absolute Gasteiger partial charge is 0.231 e. The zero-order valence-electron chi connectivity index (χ0n) is 30.2. The highest BCUT2D eigenvalue weighted by Gasteiger charge is 2.35. The van der Waals surface area contributed by atoms with Crippen LogP contribution in [0.4, 0.5) is 0 Å². The molecular weight excluding hydrogens is 673 g/mol. The molecule has 7 aromatic carbocycles. The minimum atomic E-state index is -0.140. The molecule has 0 N–H and O–H groups in total. The van der Waals surface area contributed by atoms with E-state index in [2.05, 4.69) is 152 Å². The number of para-hydroxylation sites is 1. The summed E-state index contributed by atoms with van der Waals surface area (Å²) in [5, 5.41) is 9.09. The summed E-state index contributed by atoms with van der Waals surface area (Å²) >= 11 is 0. The highest BCUT2D eigenvalue weighted by Crippen LogP contribution is 2.49. The molecule has 0 radical (unpaired) electrons. The maximum absolute atomic E-state index is 6.44. The van der Waals surface area contributed by atoms with Gasteiger partial charge in [-0.05, 0) is 74.8 Å². The maximum atomic E-state index is 6.44. The second-order valence-corrected chi connectivity index (χ2v) is 15.2. The summed E-state index contributed by atoms with van der Waals surface area (Å²) in [6.45, 7) is 4.59. The van der Waals surface area contributed by atoms with Gasteiger partial charge in [0.25, 0.3) is 0 Å². The van der Waals surface area contributed by atoms with Gasteiger partial charge in [-0.25, -0.2) is 9.97 Å². The molecule has 4 heterocycles. The summed E-state index contributed by atoms with van der Waals surface area (Å²) in [5.74, 6) is 1.47. The summed E-state index contributed by atoms with van der Waals surface area (Å²) in [6, 6.07) is 54.0. The topological polar surface area (TPSA) is 56.7 Å². The van der Waals surface area contributed by atoms with Crippen LogP contribution in [0, 0.1) is 0 Å². The minimum absolute atomic E-state index is 0.140. The van der Waals surface area contributed by atoms with Crippen molar-refractivity contribution in [3.05, 3.63) is 169 Å². The summed E-state index contributed by atoms with van der Waals surface area (Å²) in [7, 11) is 0. The number of pyridine rings is 1. The lowest BCUT2D eigenvalue weighted by Gasteiger charge is -2.21. The number of rotatable bonds is 3. The van der Waals surface area contributed by atoms with Crippen LogP contribution in [-0.2, 0) is 5.41 Å². The Morgan fingerprint density at radius 2 is 1.27 bits per heavy atom. The van der Waals surface area contributed by atoms with Crippen LogP contribution >= 0.6 is 0 Å². The van der Waals surface area contributed by atoms with Gasteiger partial charge in [0.1, 0.15) is 11.4 Å². The third-order valence-corrected chi connectivity index (χ3v) is 11.9. The van der Waals surface area contributed by atoms with Crippen molar-refractivity contribution in [2.24, 2.45) is 0 Å². The van der Waals surface area contributed by atoms with E-state index in [1.807, 2.05) is 24.4 Å². The number of aromatic nitrogens is 4. The average molecular weight is 705 g/mol. The molecular formula is C50H32N4O. The van der Waals surface area contributed by atoms with E-state index in [0.29, 0.717) is 11.5 Å². The molecule has 1 aliphatic rings. The van der Waals surface area contributed by atoms with Crippen molar-refractivity contribution in [2.45, 2.75) is 19.3 Å². The van der Waals surface area contributed by atoms with Gasteiger partial charge in [-0.1, -0.05) is 129 Å². The lowest BCUT2D eigenvalue weighted by atomic mass is 9.82. The molecule has 5 nitrogen and oxygen atoms in total. The van der Waals surface area contributed by atoms with E-state index < -0.39 is 0 Å². The van der Waals surface area contributed by atoms with E-state index in [9.17, 15) is 0 Å². The molecule has 1 aliphatic carbocycles. The van der Waals surface area contributed by atoms with Crippen LogP contribution < -0.4 is 0 Å². The Hall–Kier alpha value is -7.11. The van der Waals surface area contributed by atoms with Crippen LogP contribution in [0.15, 0.2) is 162 Å². The molecule has 0 aliphatic heterocycles. The molecule has 0 saturated heterocycles. The Labute approximate surface area is 316 Å². The van der Waals surface area contributed by atoms with Crippen LogP contribution in [0.25, 0.3) is 105 Å². The van der Waals surface area contributed by atoms with Crippen molar-refractivity contribution in [1.82, 2.24) is 19.5 Å². The van der Waals surface area contributed by atoms with Gasteiger partial charge in [0.2, 0.25) is 5.71 Å². The molecule has 0 fully saturated rings. The summed E-state index contributed by atoms with van der Waals surface area (Å²) in [4.78, 5) is 15.6. The molecule has 258 valence electrons. The van der Waals surface area contributed by atoms with Crippen LogP contribution in [0.5, 0.6) is 0 Å². The summed E-state index contributed by atoms with van der Waals surface area (Å²) in [6.07, 6.45) is 1.95. The molecule has 11 aromatic rings. The Bertz CT molecular complexity index is 3410. The standard InChI is InChI=1S/C50H32N4O/c1-50(2)40-17-9-7-15-35(40)36-22-20-32(26-41(36)50)48-52-46(45-38-16-8-10-18-43(38)55-49(45)53-48)33-21-24-44(51-28-33)54-42-27-31-13-4-3-12-30(31)25-39(42)37-23-19-29-11-5-6-14-34(29)47(37)54/h3-28H,1-2H3. The first-order valence-electron chi connectivity index (χ1n) is 18.8. The van der Waals surface area contributed by atoms with Crippen molar-refractivity contribution in [1.29, 1.82) is 0 Å². The van der Waals surface area contributed by atoms with Gasteiger partial charge in [0.15, 0.2) is 5.82 Å². The summed E-state index contributed by atoms with van der Waals surface area (Å²) < 4.78 is 8.76. The Balaban J connectivity index is 1.07. The first-order valence-corrected chi connectivity index (χ1v) is 18.8. The Morgan fingerprint density at radius 1 is 0.545 bits per heavy atom. The number of furan rings is 1. The van der Waals surface area contributed by atoms with E-state index in [1.54, 1.807) is 0 Å². The summed E-state index contributed by atoms with van der Waals surface area (Å²) in [5.41, 5.74) is 11.3. The molecule has 0 unspecified atom stereocenters. The Morgan fingerprint density at radius 3 is 2.13 bits per heavy atom. The number of nitrogens with zero attached hydrogens (tertiary/aromatic N) is 4. The maximum Gasteiger partial charge on any atom is 0.231 e. The van der Waals surface area contributed by atoms with Gasteiger partial charge in [-0.2, -0.15) is 4.98 Å². The van der Waals surface area contributed by atoms with E-state index in [4.69, 9.17) is 19.4 Å². The van der Waals surface area contributed by atoms with Crippen LogP contribution in [-0.4, -0.2) is 19.5 Å². The van der Waals surface area contributed by atoms with E-state index in [1.165, 1.54) is 54.6 Å². The monoisotopic (exact) mass is 704 g/mol. The molecule has 0 spiro atoms. The quantitative estimate of drug-likeness (QED) is 0.184. The minimum Gasteiger partial charge on any atom is -0.438 e.